The minimum atomic E-state index is -1.10. The van der Waals surface area contributed by atoms with Gasteiger partial charge in [-0.05, 0) is 68.1 Å². The van der Waals surface area contributed by atoms with Gasteiger partial charge in [-0.2, -0.15) is 0 Å². The van der Waals surface area contributed by atoms with Crippen molar-refractivity contribution < 1.29 is 28.6 Å². The Morgan fingerprint density at radius 2 is 1.84 bits per heavy atom. The standard InChI is InChI=1S/C23H29NO6S/c1-17(15-18-6-11-21-22(16-18)29-13-12-28-21)24-23(25)5-3-2-4-14-31(27)20-9-7-19(30-26)8-10-20/h6-11,16-17,26H,2-5,12-15H2,1H3,(H,24,25). The second-order valence-electron chi connectivity index (χ2n) is 7.57. The van der Waals surface area contributed by atoms with Gasteiger partial charge in [0.05, 0.1) is 10.8 Å². The van der Waals surface area contributed by atoms with Gasteiger partial charge in [-0.1, -0.05) is 12.5 Å². The average molecular weight is 448 g/mol. The van der Waals surface area contributed by atoms with E-state index in [1.807, 2.05) is 25.1 Å². The Balaban J connectivity index is 1.31. The number of hydrogen-bond donors (Lipinski definition) is 2. The van der Waals surface area contributed by atoms with Crippen LogP contribution in [0, 0.1) is 0 Å². The minimum absolute atomic E-state index is 0.0217. The van der Waals surface area contributed by atoms with E-state index in [0.717, 1.165) is 42.7 Å². The Bertz CT molecular complexity index is 886. The summed E-state index contributed by atoms with van der Waals surface area (Å²) in [5, 5.41) is 11.6. The second kappa shape index (κ2) is 11.7. The topological polar surface area (TPSA) is 94.1 Å². The molecule has 3 rings (SSSR count). The van der Waals surface area contributed by atoms with Crippen LogP contribution in [-0.4, -0.2) is 40.4 Å². The van der Waals surface area contributed by atoms with E-state index >= 15 is 0 Å². The van der Waals surface area contributed by atoms with Crippen molar-refractivity contribution in [2.24, 2.45) is 0 Å². The van der Waals surface area contributed by atoms with Gasteiger partial charge in [0.2, 0.25) is 5.91 Å². The summed E-state index contributed by atoms with van der Waals surface area (Å²) in [6.07, 6.45) is 3.57. The second-order valence-corrected chi connectivity index (χ2v) is 9.14. The summed E-state index contributed by atoms with van der Waals surface area (Å²) in [6, 6.07) is 12.4. The van der Waals surface area contributed by atoms with E-state index in [1.54, 1.807) is 24.3 Å². The number of unbranched alkanes of at least 4 members (excludes halogenated alkanes) is 2. The maximum atomic E-state index is 12.3. The number of benzene rings is 2. The van der Waals surface area contributed by atoms with Crippen molar-refractivity contribution in [1.29, 1.82) is 0 Å². The number of hydrogen-bond acceptors (Lipinski definition) is 6. The van der Waals surface area contributed by atoms with Gasteiger partial charge >= 0.3 is 0 Å². The molecule has 0 aliphatic carbocycles. The Hall–Kier alpha value is -2.58. The highest BCUT2D eigenvalue weighted by Gasteiger charge is 2.14. The van der Waals surface area contributed by atoms with Gasteiger partial charge in [-0.3, -0.25) is 9.00 Å². The lowest BCUT2D eigenvalue weighted by molar-refractivity contribution is -0.137. The van der Waals surface area contributed by atoms with E-state index in [4.69, 9.17) is 14.7 Å². The normalized spacial score (nSPS) is 14.5. The lowest BCUT2D eigenvalue weighted by Gasteiger charge is -2.20. The fourth-order valence-corrected chi connectivity index (χ4v) is 4.57. The van der Waals surface area contributed by atoms with Crippen molar-refractivity contribution in [2.75, 3.05) is 19.0 Å². The number of nitrogens with one attached hydrogen (secondary N) is 1. The van der Waals surface area contributed by atoms with Gasteiger partial charge in [0.1, 0.15) is 13.2 Å². The van der Waals surface area contributed by atoms with Gasteiger partial charge in [0, 0.05) is 23.1 Å². The van der Waals surface area contributed by atoms with E-state index in [-0.39, 0.29) is 11.9 Å². The summed E-state index contributed by atoms with van der Waals surface area (Å²) in [4.78, 5) is 17.0. The zero-order valence-corrected chi connectivity index (χ0v) is 18.5. The molecule has 0 radical (unpaired) electrons. The third kappa shape index (κ3) is 7.25. The maximum absolute atomic E-state index is 12.3. The van der Waals surface area contributed by atoms with E-state index in [2.05, 4.69) is 10.2 Å². The summed E-state index contributed by atoms with van der Waals surface area (Å²) in [5.74, 6) is 2.42. The molecular formula is C23H29NO6S. The van der Waals surface area contributed by atoms with Crippen molar-refractivity contribution in [3.8, 4) is 17.2 Å². The molecule has 1 heterocycles. The van der Waals surface area contributed by atoms with Crippen LogP contribution in [0.3, 0.4) is 0 Å². The van der Waals surface area contributed by atoms with Crippen LogP contribution in [0.4, 0.5) is 0 Å². The summed E-state index contributed by atoms with van der Waals surface area (Å²) in [6.45, 7) is 3.12. The van der Waals surface area contributed by atoms with Crippen molar-refractivity contribution >= 4 is 16.7 Å². The Kier molecular flexibility index (Phi) is 8.73. The van der Waals surface area contributed by atoms with Crippen LogP contribution in [0.25, 0.3) is 0 Å². The van der Waals surface area contributed by atoms with Crippen LogP contribution in [0.2, 0.25) is 0 Å². The molecule has 0 spiro atoms. The molecule has 0 saturated carbocycles. The first kappa shape index (κ1) is 23.1. The van der Waals surface area contributed by atoms with E-state index in [9.17, 15) is 9.00 Å². The molecule has 1 amide bonds. The van der Waals surface area contributed by atoms with Gasteiger partial charge in [0.25, 0.3) is 0 Å². The largest absolute Gasteiger partial charge is 0.486 e. The summed E-state index contributed by atoms with van der Waals surface area (Å²) in [5.41, 5.74) is 1.10. The first-order chi connectivity index (χ1) is 15.0. The number of fused-ring (bicyclic) bond motifs is 1. The number of ether oxygens (including phenoxy) is 2. The predicted octanol–water partition coefficient (Wildman–Crippen LogP) is 3.73. The number of amides is 1. The molecule has 2 N–H and O–H groups in total. The molecule has 1 aliphatic rings. The van der Waals surface area contributed by atoms with Crippen LogP contribution < -0.4 is 19.7 Å². The lowest BCUT2D eigenvalue weighted by atomic mass is 10.1. The molecule has 0 fully saturated rings. The SMILES string of the molecule is CC(Cc1ccc2c(c1)OCCO2)NC(=O)CCCCCS(=O)c1ccc(OO)cc1. The van der Waals surface area contributed by atoms with Gasteiger partial charge < -0.3 is 19.7 Å². The number of rotatable bonds is 11. The Labute approximate surface area is 185 Å². The quantitative estimate of drug-likeness (QED) is 0.310. The fraction of sp³-hybridized carbons (Fsp3) is 0.435. The third-order valence-corrected chi connectivity index (χ3v) is 6.44. The van der Waals surface area contributed by atoms with Crippen molar-refractivity contribution in [3.63, 3.8) is 0 Å². The molecule has 2 aromatic rings. The minimum Gasteiger partial charge on any atom is -0.486 e. The van der Waals surface area contributed by atoms with Crippen molar-refractivity contribution in [2.45, 2.75) is 50.0 Å². The van der Waals surface area contributed by atoms with Gasteiger partial charge in [-0.15, -0.1) is 0 Å². The van der Waals surface area contributed by atoms with Crippen LogP contribution in [0.5, 0.6) is 17.2 Å². The zero-order valence-electron chi connectivity index (χ0n) is 17.7. The van der Waals surface area contributed by atoms with Crippen LogP contribution in [0.1, 0.15) is 38.2 Å². The molecule has 1 aliphatic heterocycles. The molecule has 168 valence electrons. The molecule has 0 aromatic heterocycles. The summed E-state index contributed by atoms with van der Waals surface area (Å²) < 4.78 is 23.4. The molecular weight excluding hydrogens is 418 g/mol. The fourth-order valence-electron chi connectivity index (χ4n) is 3.43. The van der Waals surface area contributed by atoms with E-state index < -0.39 is 10.8 Å². The molecule has 8 heteroatoms. The van der Waals surface area contributed by atoms with Crippen LogP contribution in [0.15, 0.2) is 47.4 Å². The number of carbonyl (C=O) groups excluding carboxylic acids is 1. The van der Waals surface area contributed by atoms with Crippen molar-refractivity contribution in [3.05, 3.63) is 48.0 Å². The highest BCUT2D eigenvalue weighted by Crippen LogP contribution is 2.31. The molecule has 2 unspecified atom stereocenters. The first-order valence-electron chi connectivity index (χ1n) is 10.5. The third-order valence-electron chi connectivity index (χ3n) is 4.98. The smallest absolute Gasteiger partial charge is 0.220 e. The van der Waals surface area contributed by atoms with Crippen LogP contribution >= 0.6 is 0 Å². The van der Waals surface area contributed by atoms with E-state index in [0.29, 0.717) is 36.0 Å². The molecule has 2 atom stereocenters. The van der Waals surface area contributed by atoms with Gasteiger partial charge in [-0.25, -0.2) is 5.26 Å². The molecule has 0 bridgehead atoms. The summed E-state index contributed by atoms with van der Waals surface area (Å²) >= 11 is 0. The average Bonchev–Trinajstić information content (AvgIpc) is 2.78. The monoisotopic (exact) mass is 447 g/mol. The predicted molar refractivity (Wildman–Crippen MR) is 118 cm³/mol. The Morgan fingerprint density at radius 3 is 2.58 bits per heavy atom. The zero-order chi connectivity index (χ0) is 22.1. The van der Waals surface area contributed by atoms with Crippen molar-refractivity contribution in [1.82, 2.24) is 5.32 Å². The molecule has 31 heavy (non-hydrogen) atoms. The highest BCUT2D eigenvalue weighted by molar-refractivity contribution is 7.85. The maximum Gasteiger partial charge on any atom is 0.220 e. The first-order valence-corrected chi connectivity index (χ1v) is 11.8. The van der Waals surface area contributed by atoms with Crippen LogP contribution in [-0.2, 0) is 22.0 Å². The lowest BCUT2D eigenvalue weighted by Crippen LogP contribution is -2.33. The highest BCUT2D eigenvalue weighted by atomic mass is 32.2. The molecule has 2 aromatic carbocycles. The summed E-state index contributed by atoms with van der Waals surface area (Å²) in [7, 11) is -1.10. The number of carbonyl (C=O) groups is 1. The molecule has 7 nitrogen and oxygen atoms in total. The van der Waals surface area contributed by atoms with E-state index in [1.165, 1.54) is 0 Å². The molecule has 0 saturated heterocycles. The van der Waals surface area contributed by atoms with Gasteiger partial charge in [0.15, 0.2) is 17.2 Å². The Morgan fingerprint density at radius 1 is 1.10 bits per heavy atom.